The Bertz CT molecular complexity index is 1260. The van der Waals surface area contributed by atoms with Crippen molar-refractivity contribution < 1.29 is 27.1 Å². The summed E-state index contributed by atoms with van der Waals surface area (Å²) in [4.78, 5) is 12.1. The van der Waals surface area contributed by atoms with Gasteiger partial charge < -0.3 is 14.8 Å². The molecule has 0 aromatic heterocycles. The van der Waals surface area contributed by atoms with Crippen molar-refractivity contribution in [1.29, 1.82) is 0 Å². The molecule has 172 valence electrons. The van der Waals surface area contributed by atoms with Gasteiger partial charge in [0.25, 0.3) is 10.0 Å². The van der Waals surface area contributed by atoms with Crippen molar-refractivity contribution in [3.05, 3.63) is 84.2 Å². The molecule has 3 aromatic carbocycles. The van der Waals surface area contributed by atoms with Crippen LogP contribution in [0, 0.1) is 5.82 Å². The van der Waals surface area contributed by atoms with Crippen LogP contribution in [0.25, 0.3) is 6.08 Å². The fourth-order valence-corrected chi connectivity index (χ4v) is 4.17. The van der Waals surface area contributed by atoms with Crippen LogP contribution in [0.4, 0.5) is 15.8 Å². The topological polar surface area (TPSA) is 93.7 Å². The van der Waals surface area contributed by atoms with Crippen LogP contribution in [0.5, 0.6) is 11.5 Å². The summed E-state index contributed by atoms with van der Waals surface area (Å²) >= 11 is 0. The largest absolute Gasteiger partial charge is 0.495 e. The first kappa shape index (κ1) is 23.8. The summed E-state index contributed by atoms with van der Waals surface area (Å²) in [6, 6.07) is 16.7. The Balaban J connectivity index is 1.79. The number of sulfonamides is 1. The summed E-state index contributed by atoms with van der Waals surface area (Å²) in [5.74, 6) is -0.287. The summed E-state index contributed by atoms with van der Waals surface area (Å²) in [7, 11) is -2.69. The zero-order valence-corrected chi connectivity index (χ0v) is 18.9. The van der Waals surface area contributed by atoms with E-state index < -0.39 is 21.7 Å². The molecule has 0 aliphatic heterocycles. The number of methoxy groups -OCH3 is 1. The standard InChI is InChI=1S/C24H23FN2O5S/c1-3-32-20-12-9-18(10-13-20)27-33(29,30)23-16-19(11-14-22(23)31-2)26-24(28)15-8-17-6-4-5-7-21(17)25/h4-16,27H,3H2,1-2H3,(H,26,28)/b15-8+. The van der Waals surface area contributed by atoms with Crippen LogP contribution in [-0.4, -0.2) is 28.0 Å². The highest BCUT2D eigenvalue weighted by Gasteiger charge is 2.21. The zero-order valence-electron chi connectivity index (χ0n) is 18.0. The average molecular weight is 471 g/mol. The molecule has 0 spiro atoms. The molecule has 0 saturated carbocycles. The van der Waals surface area contributed by atoms with E-state index in [1.165, 1.54) is 43.5 Å². The number of rotatable bonds is 9. The Morgan fingerprint density at radius 1 is 1.03 bits per heavy atom. The fourth-order valence-electron chi connectivity index (χ4n) is 2.92. The quantitative estimate of drug-likeness (QED) is 0.443. The predicted molar refractivity (Wildman–Crippen MR) is 125 cm³/mol. The number of benzene rings is 3. The third kappa shape index (κ3) is 6.33. The molecule has 3 rings (SSSR count). The lowest BCUT2D eigenvalue weighted by molar-refractivity contribution is -0.111. The van der Waals surface area contributed by atoms with Crippen molar-refractivity contribution >= 4 is 33.4 Å². The molecular weight excluding hydrogens is 447 g/mol. The maximum atomic E-state index is 13.7. The Morgan fingerprint density at radius 3 is 2.39 bits per heavy atom. The Labute approximate surface area is 191 Å². The normalized spacial score (nSPS) is 11.2. The van der Waals surface area contributed by atoms with Gasteiger partial charge in [0, 0.05) is 23.0 Å². The predicted octanol–water partition coefficient (Wildman–Crippen LogP) is 4.69. The Morgan fingerprint density at radius 2 is 1.73 bits per heavy atom. The number of nitrogens with one attached hydrogen (secondary N) is 2. The highest BCUT2D eigenvalue weighted by molar-refractivity contribution is 7.92. The highest BCUT2D eigenvalue weighted by Crippen LogP contribution is 2.29. The molecule has 33 heavy (non-hydrogen) atoms. The molecule has 3 aromatic rings. The van der Waals surface area contributed by atoms with E-state index >= 15 is 0 Å². The molecule has 7 nitrogen and oxygen atoms in total. The van der Waals surface area contributed by atoms with E-state index in [0.717, 1.165) is 6.08 Å². The van der Waals surface area contributed by atoms with Gasteiger partial charge in [-0.25, -0.2) is 12.8 Å². The van der Waals surface area contributed by atoms with Crippen LogP contribution in [0.1, 0.15) is 12.5 Å². The number of halogens is 1. The summed E-state index contributed by atoms with van der Waals surface area (Å²) < 4.78 is 52.7. The molecule has 0 unspecified atom stereocenters. The van der Waals surface area contributed by atoms with Gasteiger partial charge >= 0.3 is 0 Å². The average Bonchev–Trinajstić information content (AvgIpc) is 2.80. The van der Waals surface area contributed by atoms with Gasteiger partial charge in [-0.15, -0.1) is 0 Å². The number of hydrogen-bond donors (Lipinski definition) is 2. The van der Waals surface area contributed by atoms with Crippen LogP contribution in [0.2, 0.25) is 0 Å². The van der Waals surface area contributed by atoms with Crippen molar-refractivity contribution in [2.75, 3.05) is 23.8 Å². The molecule has 0 atom stereocenters. The first-order valence-electron chi connectivity index (χ1n) is 9.99. The molecule has 0 bridgehead atoms. The molecule has 1 amide bonds. The second kappa shape index (κ2) is 10.6. The number of carbonyl (C=O) groups excluding carboxylic acids is 1. The summed E-state index contributed by atoms with van der Waals surface area (Å²) in [5, 5.41) is 2.57. The maximum Gasteiger partial charge on any atom is 0.265 e. The van der Waals surface area contributed by atoms with E-state index in [2.05, 4.69) is 10.0 Å². The van der Waals surface area contributed by atoms with E-state index in [9.17, 15) is 17.6 Å². The van der Waals surface area contributed by atoms with Gasteiger partial charge in [-0.3, -0.25) is 9.52 Å². The molecule has 0 radical (unpaired) electrons. The molecule has 0 aliphatic carbocycles. The van der Waals surface area contributed by atoms with Gasteiger partial charge in [0.05, 0.1) is 13.7 Å². The Hall–Kier alpha value is -3.85. The minimum atomic E-state index is -4.04. The van der Waals surface area contributed by atoms with Crippen molar-refractivity contribution in [3.63, 3.8) is 0 Å². The van der Waals surface area contributed by atoms with Crippen molar-refractivity contribution in [2.24, 2.45) is 0 Å². The number of carbonyl (C=O) groups is 1. The number of ether oxygens (including phenoxy) is 2. The van der Waals surface area contributed by atoms with Crippen LogP contribution in [-0.2, 0) is 14.8 Å². The number of hydrogen-bond acceptors (Lipinski definition) is 5. The van der Waals surface area contributed by atoms with Crippen LogP contribution < -0.4 is 19.5 Å². The van der Waals surface area contributed by atoms with E-state index in [4.69, 9.17) is 9.47 Å². The van der Waals surface area contributed by atoms with Crippen molar-refractivity contribution in [1.82, 2.24) is 0 Å². The highest BCUT2D eigenvalue weighted by atomic mass is 32.2. The van der Waals surface area contributed by atoms with E-state index in [1.807, 2.05) is 6.92 Å². The van der Waals surface area contributed by atoms with Gasteiger partial charge in [0.2, 0.25) is 5.91 Å². The lowest BCUT2D eigenvalue weighted by atomic mass is 10.2. The number of anilines is 2. The minimum absolute atomic E-state index is 0.105. The second-order valence-electron chi connectivity index (χ2n) is 6.77. The van der Waals surface area contributed by atoms with Crippen molar-refractivity contribution in [2.45, 2.75) is 11.8 Å². The third-order valence-corrected chi connectivity index (χ3v) is 5.86. The summed E-state index contributed by atoms with van der Waals surface area (Å²) in [5.41, 5.74) is 0.819. The van der Waals surface area contributed by atoms with E-state index in [-0.39, 0.29) is 21.9 Å². The molecule has 0 fully saturated rings. The molecule has 9 heteroatoms. The van der Waals surface area contributed by atoms with Gasteiger partial charge in [0.1, 0.15) is 22.2 Å². The first-order chi connectivity index (χ1) is 15.8. The van der Waals surface area contributed by atoms with Crippen LogP contribution in [0.15, 0.2) is 77.7 Å². The Kier molecular flexibility index (Phi) is 7.68. The molecule has 0 saturated heterocycles. The third-order valence-electron chi connectivity index (χ3n) is 4.46. The molecule has 2 N–H and O–H groups in total. The first-order valence-corrected chi connectivity index (χ1v) is 11.5. The maximum absolute atomic E-state index is 13.7. The molecular formula is C24H23FN2O5S. The fraction of sp³-hybridized carbons (Fsp3) is 0.125. The SMILES string of the molecule is CCOc1ccc(NS(=O)(=O)c2cc(NC(=O)/C=C/c3ccccc3F)ccc2OC)cc1. The van der Waals surface area contributed by atoms with Gasteiger partial charge in [-0.2, -0.15) is 0 Å². The molecule has 0 heterocycles. The summed E-state index contributed by atoms with van der Waals surface area (Å²) in [6.07, 6.45) is 2.49. The van der Waals surface area contributed by atoms with E-state index in [0.29, 0.717) is 18.0 Å². The monoisotopic (exact) mass is 470 g/mol. The zero-order chi connectivity index (χ0) is 23.8. The molecule has 0 aliphatic rings. The van der Waals surface area contributed by atoms with Gasteiger partial charge in [0.15, 0.2) is 0 Å². The van der Waals surface area contributed by atoms with Gasteiger partial charge in [-0.05, 0) is 61.5 Å². The van der Waals surface area contributed by atoms with Gasteiger partial charge in [-0.1, -0.05) is 18.2 Å². The summed E-state index contributed by atoms with van der Waals surface area (Å²) in [6.45, 7) is 2.35. The van der Waals surface area contributed by atoms with Crippen LogP contribution >= 0.6 is 0 Å². The second-order valence-corrected chi connectivity index (χ2v) is 8.42. The number of amides is 1. The van der Waals surface area contributed by atoms with E-state index in [1.54, 1.807) is 36.4 Å². The minimum Gasteiger partial charge on any atom is -0.495 e. The van der Waals surface area contributed by atoms with Crippen LogP contribution in [0.3, 0.4) is 0 Å². The lowest BCUT2D eigenvalue weighted by Gasteiger charge is -2.14. The van der Waals surface area contributed by atoms with Crippen molar-refractivity contribution in [3.8, 4) is 11.5 Å². The lowest BCUT2D eigenvalue weighted by Crippen LogP contribution is -2.15. The smallest absolute Gasteiger partial charge is 0.265 e.